The molecule has 1 fully saturated rings. The quantitative estimate of drug-likeness (QED) is 0.325. The van der Waals surface area contributed by atoms with Crippen LogP contribution in [0, 0.1) is 0 Å². The molecule has 21 heavy (non-hydrogen) atoms. The molecule has 1 saturated carbocycles. The molecule has 1 aliphatic rings. The fourth-order valence-corrected chi connectivity index (χ4v) is 3.14. The van der Waals surface area contributed by atoms with Gasteiger partial charge in [0.2, 0.25) is 0 Å². The molecule has 0 amide bonds. The molecular formula is C15H22ClN3O2. The molecule has 0 atom stereocenters. The Morgan fingerprint density at radius 1 is 1.38 bits per heavy atom. The van der Waals surface area contributed by atoms with Crippen LogP contribution >= 0.6 is 11.6 Å². The molecule has 1 aromatic carbocycles. The van der Waals surface area contributed by atoms with Crippen molar-refractivity contribution >= 4 is 17.4 Å². The largest absolute Gasteiger partial charge is 0.409 e. The molecule has 0 heterocycles. The fourth-order valence-electron chi connectivity index (χ4n) is 2.90. The molecule has 1 aliphatic carbocycles. The van der Waals surface area contributed by atoms with Gasteiger partial charge < -0.3 is 16.0 Å². The number of hydrogen-bond acceptors (Lipinski definition) is 4. The van der Waals surface area contributed by atoms with Gasteiger partial charge in [0.1, 0.15) is 0 Å². The van der Waals surface area contributed by atoms with Crippen molar-refractivity contribution in [3.8, 4) is 0 Å². The number of benzene rings is 1. The van der Waals surface area contributed by atoms with E-state index in [0.717, 1.165) is 5.56 Å². The molecule has 0 unspecified atom stereocenters. The third-order valence-corrected chi connectivity index (χ3v) is 4.41. The third-order valence-electron chi connectivity index (χ3n) is 4.06. The van der Waals surface area contributed by atoms with Crippen LogP contribution in [0.2, 0.25) is 5.02 Å². The third kappa shape index (κ3) is 4.09. The molecule has 4 N–H and O–H groups in total. The van der Waals surface area contributed by atoms with Crippen LogP contribution in [0.3, 0.4) is 0 Å². The second-order valence-corrected chi connectivity index (χ2v) is 5.83. The number of hydrogen-bond donors (Lipinski definition) is 3. The van der Waals surface area contributed by atoms with E-state index in [9.17, 15) is 5.11 Å². The zero-order chi connectivity index (χ0) is 15.2. The Bertz CT molecular complexity index is 502. The molecule has 116 valence electrons. The van der Waals surface area contributed by atoms with Gasteiger partial charge in [-0.1, -0.05) is 41.7 Å². The summed E-state index contributed by atoms with van der Waals surface area (Å²) in [6.45, 7) is 1.51. The Kier molecular flexibility index (Phi) is 5.85. The van der Waals surface area contributed by atoms with Gasteiger partial charge in [-0.25, -0.2) is 0 Å². The molecular weight excluding hydrogens is 290 g/mol. The van der Waals surface area contributed by atoms with Crippen LogP contribution in [-0.4, -0.2) is 40.2 Å². The maximum atomic E-state index is 9.26. The van der Waals surface area contributed by atoms with Gasteiger partial charge in [0.15, 0.2) is 5.84 Å². The lowest BCUT2D eigenvalue weighted by molar-refractivity contribution is 0.145. The molecule has 0 aromatic heterocycles. The van der Waals surface area contributed by atoms with E-state index in [1.165, 1.54) is 25.7 Å². The van der Waals surface area contributed by atoms with Crippen molar-refractivity contribution < 1.29 is 10.3 Å². The lowest BCUT2D eigenvalue weighted by Gasteiger charge is -2.28. The summed E-state index contributed by atoms with van der Waals surface area (Å²) in [6.07, 6.45) is 4.87. The number of nitrogens with zero attached hydrogens (tertiary/aromatic N) is 2. The minimum absolute atomic E-state index is 0.0476. The molecule has 6 heteroatoms. The Morgan fingerprint density at radius 3 is 2.67 bits per heavy atom. The Hall–Kier alpha value is -1.30. The first-order valence-electron chi connectivity index (χ1n) is 7.27. The summed E-state index contributed by atoms with van der Waals surface area (Å²) in [6, 6.07) is 5.92. The van der Waals surface area contributed by atoms with Crippen molar-refractivity contribution in [1.82, 2.24) is 4.90 Å². The number of amidine groups is 1. The van der Waals surface area contributed by atoms with Crippen LogP contribution in [0.4, 0.5) is 0 Å². The van der Waals surface area contributed by atoms with Crippen molar-refractivity contribution in [2.24, 2.45) is 10.9 Å². The van der Waals surface area contributed by atoms with Gasteiger partial charge in [0, 0.05) is 29.7 Å². The van der Waals surface area contributed by atoms with E-state index in [4.69, 9.17) is 22.5 Å². The van der Waals surface area contributed by atoms with Crippen LogP contribution in [0.5, 0.6) is 0 Å². The lowest BCUT2D eigenvalue weighted by atomic mass is 10.1. The molecule has 0 aliphatic heterocycles. The molecule has 0 radical (unpaired) electrons. The molecule has 0 bridgehead atoms. The average Bonchev–Trinajstić information content (AvgIpc) is 3.02. The number of oxime groups is 1. The summed E-state index contributed by atoms with van der Waals surface area (Å²) >= 11 is 6.30. The topological polar surface area (TPSA) is 82.1 Å². The van der Waals surface area contributed by atoms with Crippen molar-refractivity contribution in [1.29, 1.82) is 0 Å². The highest BCUT2D eigenvalue weighted by Gasteiger charge is 2.22. The van der Waals surface area contributed by atoms with E-state index in [2.05, 4.69) is 10.1 Å². The zero-order valence-corrected chi connectivity index (χ0v) is 12.8. The van der Waals surface area contributed by atoms with Gasteiger partial charge in [0.05, 0.1) is 6.61 Å². The molecule has 2 rings (SSSR count). The van der Waals surface area contributed by atoms with Crippen molar-refractivity contribution in [3.63, 3.8) is 0 Å². The van der Waals surface area contributed by atoms with Crippen molar-refractivity contribution in [2.75, 3.05) is 13.2 Å². The standard InChI is InChI=1S/C15H22ClN3O2/c16-14-9-11(15(17)18-21)5-6-12(14)10-19(7-8-20)13-3-1-2-4-13/h5-6,9,13,20-21H,1-4,7-8,10H2,(H2,17,18). The maximum absolute atomic E-state index is 9.26. The van der Waals surface area contributed by atoms with E-state index in [1.807, 2.05) is 6.07 Å². The van der Waals surface area contributed by atoms with E-state index in [0.29, 0.717) is 29.7 Å². The fraction of sp³-hybridized carbons (Fsp3) is 0.533. The van der Waals surface area contributed by atoms with E-state index < -0.39 is 0 Å². The summed E-state index contributed by atoms with van der Waals surface area (Å²) in [5.41, 5.74) is 7.15. The van der Waals surface area contributed by atoms with E-state index in [1.54, 1.807) is 12.1 Å². The first kappa shape index (κ1) is 16.1. The van der Waals surface area contributed by atoms with Crippen LogP contribution in [0.1, 0.15) is 36.8 Å². The molecule has 1 aromatic rings. The Balaban J connectivity index is 2.12. The van der Waals surface area contributed by atoms with Crippen molar-refractivity contribution in [2.45, 2.75) is 38.3 Å². The average molecular weight is 312 g/mol. The second kappa shape index (κ2) is 7.64. The number of halogens is 1. The van der Waals surface area contributed by atoms with Gasteiger partial charge in [-0.15, -0.1) is 0 Å². The van der Waals surface area contributed by atoms with E-state index in [-0.39, 0.29) is 12.4 Å². The molecule has 0 spiro atoms. The Labute approximate surface area is 130 Å². The van der Waals surface area contributed by atoms with Gasteiger partial charge in [-0.3, -0.25) is 4.90 Å². The summed E-state index contributed by atoms with van der Waals surface area (Å²) < 4.78 is 0. The number of nitrogens with two attached hydrogens (primary N) is 1. The van der Waals surface area contributed by atoms with Crippen LogP contribution < -0.4 is 5.73 Å². The monoisotopic (exact) mass is 311 g/mol. The maximum Gasteiger partial charge on any atom is 0.170 e. The number of rotatable bonds is 6. The highest BCUT2D eigenvalue weighted by Crippen LogP contribution is 2.27. The van der Waals surface area contributed by atoms with E-state index >= 15 is 0 Å². The van der Waals surface area contributed by atoms with Crippen molar-refractivity contribution in [3.05, 3.63) is 34.3 Å². The van der Waals surface area contributed by atoms with Gasteiger partial charge in [-0.2, -0.15) is 0 Å². The van der Waals surface area contributed by atoms with Crippen LogP contribution in [-0.2, 0) is 6.54 Å². The predicted molar refractivity (Wildman–Crippen MR) is 83.7 cm³/mol. The summed E-state index contributed by atoms with van der Waals surface area (Å²) in [5.74, 6) is 0.0476. The zero-order valence-electron chi connectivity index (χ0n) is 12.0. The minimum atomic E-state index is 0.0476. The number of aliphatic hydroxyl groups is 1. The lowest BCUT2D eigenvalue weighted by Crippen LogP contribution is -2.35. The summed E-state index contributed by atoms with van der Waals surface area (Å²) in [4.78, 5) is 2.29. The normalized spacial score (nSPS) is 16.8. The van der Waals surface area contributed by atoms with Gasteiger partial charge in [-0.05, 0) is 24.5 Å². The van der Waals surface area contributed by atoms with Gasteiger partial charge in [0.25, 0.3) is 0 Å². The van der Waals surface area contributed by atoms with Crippen LogP contribution in [0.25, 0.3) is 0 Å². The number of aliphatic hydroxyl groups excluding tert-OH is 1. The molecule has 5 nitrogen and oxygen atoms in total. The first-order chi connectivity index (χ1) is 10.2. The summed E-state index contributed by atoms with van der Waals surface area (Å²) in [7, 11) is 0. The van der Waals surface area contributed by atoms with Crippen LogP contribution in [0.15, 0.2) is 23.4 Å². The van der Waals surface area contributed by atoms with Gasteiger partial charge >= 0.3 is 0 Å². The first-order valence-corrected chi connectivity index (χ1v) is 7.64. The SMILES string of the molecule is N/C(=N/O)c1ccc(CN(CCO)C2CCCC2)c(Cl)c1. The predicted octanol–water partition coefficient (Wildman–Crippen LogP) is 2.17. The second-order valence-electron chi connectivity index (χ2n) is 5.42. The smallest absolute Gasteiger partial charge is 0.170 e. The molecule has 0 saturated heterocycles. The highest BCUT2D eigenvalue weighted by molar-refractivity contribution is 6.31. The Morgan fingerprint density at radius 2 is 2.10 bits per heavy atom. The minimum Gasteiger partial charge on any atom is -0.409 e. The summed E-state index contributed by atoms with van der Waals surface area (Å²) in [5, 5.41) is 21.5. The highest BCUT2D eigenvalue weighted by atomic mass is 35.5.